The first-order chi connectivity index (χ1) is 9.62. The highest BCUT2D eigenvalue weighted by atomic mass is 32.2. The van der Waals surface area contributed by atoms with E-state index in [1.165, 1.54) is 6.20 Å². The lowest BCUT2D eigenvalue weighted by atomic mass is 10.4. The van der Waals surface area contributed by atoms with Gasteiger partial charge in [0.25, 0.3) is 10.0 Å². The Labute approximate surface area is 119 Å². The summed E-state index contributed by atoms with van der Waals surface area (Å²) in [7, 11) is -3.51. The zero-order chi connectivity index (χ0) is 14.4. The molecule has 8 heteroatoms. The molecule has 0 amide bonds. The number of sulfonamides is 1. The van der Waals surface area contributed by atoms with Crippen LogP contribution in [0.4, 0.5) is 0 Å². The maximum absolute atomic E-state index is 12.2. The Kier molecular flexibility index (Phi) is 5.55. The van der Waals surface area contributed by atoms with Crippen LogP contribution in [0.15, 0.2) is 17.2 Å². The van der Waals surface area contributed by atoms with Crippen LogP contribution >= 0.6 is 0 Å². The van der Waals surface area contributed by atoms with E-state index >= 15 is 0 Å². The molecule has 0 aromatic carbocycles. The summed E-state index contributed by atoms with van der Waals surface area (Å²) in [4.78, 5) is 5.82. The predicted molar refractivity (Wildman–Crippen MR) is 75.5 cm³/mol. The first-order valence-electron chi connectivity index (χ1n) is 6.85. The van der Waals surface area contributed by atoms with Gasteiger partial charge in [0.1, 0.15) is 4.90 Å². The molecule has 0 unspecified atom stereocenters. The van der Waals surface area contributed by atoms with Gasteiger partial charge in [-0.3, -0.25) is 0 Å². The molecule has 1 fully saturated rings. The van der Waals surface area contributed by atoms with Gasteiger partial charge >= 0.3 is 0 Å². The van der Waals surface area contributed by atoms with Crippen molar-refractivity contribution >= 4 is 10.0 Å². The summed E-state index contributed by atoms with van der Waals surface area (Å²) in [5, 5.41) is 4.89. The van der Waals surface area contributed by atoms with Crippen LogP contribution in [0.1, 0.15) is 19.0 Å². The number of ether oxygens (including phenoxy) is 1. The number of H-pyrrole nitrogens is 1. The van der Waals surface area contributed by atoms with Crippen molar-refractivity contribution in [1.29, 1.82) is 0 Å². The number of hydrogen-bond acceptors (Lipinski definition) is 5. The summed E-state index contributed by atoms with van der Waals surface area (Å²) in [5.74, 6) is 0. The highest BCUT2D eigenvalue weighted by Gasteiger charge is 2.21. The second-order valence-corrected chi connectivity index (χ2v) is 6.39. The van der Waals surface area contributed by atoms with Gasteiger partial charge in [0.2, 0.25) is 0 Å². The van der Waals surface area contributed by atoms with Gasteiger partial charge in [0, 0.05) is 31.5 Å². The van der Waals surface area contributed by atoms with Crippen molar-refractivity contribution in [1.82, 2.24) is 20.1 Å². The zero-order valence-electron chi connectivity index (χ0n) is 11.7. The molecule has 114 valence electrons. The fourth-order valence-corrected chi connectivity index (χ4v) is 3.09. The molecule has 1 aromatic heterocycles. The molecular formula is C12H22N4O3S. The van der Waals surface area contributed by atoms with E-state index in [2.05, 4.69) is 22.1 Å². The highest BCUT2D eigenvalue weighted by molar-refractivity contribution is 7.89. The van der Waals surface area contributed by atoms with E-state index in [1.807, 2.05) is 0 Å². The second-order valence-electron chi connectivity index (χ2n) is 4.73. The number of morpholine rings is 1. The Balaban J connectivity index is 1.94. The van der Waals surface area contributed by atoms with Crippen LogP contribution in [0.5, 0.6) is 0 Å². The Morgan fingerprint density at radius 3 is 2.85 bits per heavy atom. The Morgan fingerprint density at radius 1 is 1.40 bits per heavy atom. The van der Waals surface area contributed by atoms with E-state index < -0.39 is 10.0 Å². The van der Waals surface area contributed by atoms with E-state index in [4.69, 9.17) is 4.74 Å². The van der Waals surface area contributed by atoms with E-state index in [1.54, 1.807) is 11.1 Å². The van der Waals surface area contributed by atoms with E-state index in [0.29, 0.717) is 32.8 Å². The van der Waals surface area contributed by atoms with Crippen molar-refractivity contribution in [2.24, 2.45) is 0 Å². The zero-order valence-corrected chi connectivity index (χ0v) is 12.5. The molecule has 7 nitrogen and oxygen atoms in total. The van der Waals surface area contributed by atoms with Gasteiger partial charge in [-0.1, -0.05) is 6.92 Å². The summed E-state index contributed by atoms with van der Waals surface area (Å²) in [5.41, 5.74) is 0.862. The summed E-state index contributed by atoms with van der Waals surface area (Å²) in [6.07, 6.45) is 2.57. The van der Waals surface area contributed by atoms with Crippen LogP contribution in [-0.4, -0.2) is 51.3 Å². The first kappa shape index (κ1) is 15.5. The molecule has 0 aliphatic carbocycles. The molecule has 1 aliphatic rings. The molecule has 1 saturated heterocycles. The van der Waals surface area contributed by atoms with Crippen LogP contribution in [0.25, 0.3) is 0 Å². The molecule has 1 aromatic rings. The van der Waals surface area contributed by atoms with Crippen molar-refractivity contribution in [3.63, 3.8) is 0 Å². The van der Waals surface area contributed by atoms with Gasteiger partial charge < -0.3 is 15.0 Å². The first-order valence-corrected chi connectivity index (χ1v) is 8.33. The largest absolute Gasteiger partial charge is 0.379 e. The third-order valence-corrected chi connectivity index (χ3v) is 4.38. The average Bonchev–Trinajstić information content (AvgIpc) is 2.89. The number of hydrogen-bond donors (Lipinski definition) is 3. The van der Waals surface area contributed by atoms with Crippen molar-refractivity contribution in [2.75, 3.05) is 32.8 Å². The molecule has 0 spiro atoms. The van der Waals surface area contributed by atoms with E-state index in [0.717, 1.165) is 18.7 Å². The molecule has 1 aliphatic heterocycles. The van der Waals surface area contributed by atoms with Crippen LogP contribution < -0.4 is 10.1 Å². The van der Waals surface area contributed by atoms with Crippen LogP contribution in [0.2, 0.25) is 0 Å². The second kappa shape index (κ2) is 7.19. The molecule has 20 heavy (non-hydrogen) atoms. The van der Waals surface area contributed by atoms with Gasteiger partial charge in [0.15, 0.2) is 0 Å². The molecule has 2 heterocycles. The van der Waals surface area contributed by atoms with Gasteiger partial charge in [-0.05, 0) is 19.0 Å². The fourth-order valence-electron chi connectivity index (χ4n) is 1.95. The maximum atomic E-state index is 12.2. The predicted octanol–water partition coefficient (Wildman–Crippen LogP) is 0.0398. The van der Waals surface area contributed by atoms with Crippen LogP contribution in [-0.2, 0) is 21.3 Å². The summed E-state index contributed by atoms with van der Waals surface area (Å²) < 4.78 is 29.6. The molecule has 3 N–H and O–H groups in total. The lowest BCUT2D eigenvalue weighted by molar-refractivity contribution is 0.0272. The van der Waals surface area contributed by atoms with Crippen molar-refractivity contribution in [3.8, 4) is 0 Å². The number of nitrogens with one attached hydrogen (secondary N) is 3. The number of aromatic nitrogens is 1. The number of hydrazine groups is 1. The Hall–Kier alpha value is -0.930. The maximum Gasteiger partial charge on any atom is 0.254 e. The van der Waals surface area contributed by atoms with Crippen molar-refractivity contribution < 1.29 is 13.2 Å². The van der Waals surface area contributed by atoms with Gasteiger partial charge in [-0.25, -0.2) is 13.4 Å². The minimum Gasteiger partial charge on any atom is -0.379 e. The molecule has 0 radical (unpaired) electrons. The van der Waals surface area contributed by atoms with Gasteiger partial charge in [0.05, 0.1) is 13.2 Å². The third kappa shape index (κ3) is 4.29. The monoisotopic (exact) mass is 302 g/mol. The summed E-state index contributed by atoms with van der Waals surface area (Å²) in [6, 6.07) is 1.66. The lowest BCUT2D eigenvalue weighted by Gasteiger charge is -2.26. The third-order valence-electron chi connectivity index (χ3n) is 3.03. The van der Waals surface area contributed by atoms with Crippen molar-refractivity contribution in [3.05, 3.63) is 18.0 Å². The van der Waals surface area contributed by atoms with E-state index in [9.17, 15) is 8.42 Å². The lowest BCUT2D eigenvalue weighted by Crippen LogP contribution is -2.48. The van der Waals surface area contributed by atoms with Crippen molar-refractivity contribution in [2.45, 2.75) is 24.8 Å². The fraction of sp³-hybridized carbons (Fsp3) is 0.667. The van der Waals surface area contributed by atoms with E-state index in [-0.39, 0.29) is 4.90 Å². The Morgan fingerprint density at radius 2 is 2.15 bits per heavy atom. The summed E-state index contributed by atoms with van der Waals surface area (Å²) in [6.45, 7) is 5.85. The van der Waals surface area contributed by atoms with Crippen LogP contribution in [0, 0.1) is 0 Å². The molecular weight excluding hydrogens is 280 g/mol. The number of nitrogens with zero attached hydrogens (tertiary/aromatic N) is 1. The van der Waals surface area contributed by atoms with Gasteiger partial charge in [-0.15, -0.1) is 4.83 Å². The molecule has 2 rings (SSSR count). The average molecular weight is 302 g/mol. The molecule has 0 saturated carbocycles. The standard InChI is InChI=1S/C12H22N4O3S/c1-2-3-13-9-11-8-12(10-14-11)20(17,18)15-16-4-6-19-7-5-16/h8,10,13-15H,2-7,9H2,1H3. The Bertz CT molecular complexity index is 509. The molecule has 0 bridgehead atoms. The smallest absolute Gasteiger partial charge is 0.254 e. The van der Waals surface area contributed by atoms with Gasteiger partial charge in [-0.2, -0.15) is 0 Å². The van der Waals surface area contributed by atoms with Crippen LogP contribution in [0.3, 0.4) is 0 Å². The normalized spacial score (nSPS) is 17.4. The minimum absolute atomic E-state index is 0.261. The highest BCUT2D eigenvalue weighted by Crippen LogP contribution is 2.11. The quantitative estimate of drug-likeness (QED) is 0.619. The minimum atomic E-state index is -3.51. The summed E-state index contributed by atoms with van der Waals surface area (Å²) >= 11 is 0. The SMILES string of the molecule is CCCNCc1cc(S(=O)(=O)NN2CCOCC2)c[nH]1. The number of aromatic amines is 1. The topological polar surface area (TPSA) is 86.5 Å². The molecule has 0 atom stereocenters. The number of rotatable bonds is 7.